The van der Waals surface area contributed by atoms with E-state index in [1.165, 1.54) is 11.1 Å². The van der Waals surface area contributed by atoms with Crippen LogP contribution in [0.5, 0.6) is 0 Å². The van der Waals surface area contributed by atoms with Gasteiger partial charge in [0.25, 0.3) is 0 Å². The molecular formula is C20H31N3O2. The van der Waals surface area contributed by atoms with E-state index in [9.17, 15) is 4.79 Å². The molecule has 0 spiro atoms. The highest BCUT2D eigenvalue weighted by Crippen LogP contribution is 2.17. The van der Waals surface area contributed by atoms with Gasteiger partial charge in [-0.2, -0.15) is 0 Å². The first kappa shape index (κ1) is 18.4. The number of carbonyl (C=O) groups excluding carboxylic acids is 1. The second kappa shape index (κ2) is 8.79. The molecule has 3 rings (SSSR count). The van der Waals surface area contributed by atoms with Gasteiger partial charge in [0.05, 0.1) is 18.8 Å². The number of nitrogens with zero attached hydrogens (tertiary/aromatic N) is 2. The van der Waals surface area contributed by atoms with Crippen molar-refractivity contribution in [1.82, 2.24) is 15.1 Å². The van der Waals surface area contributed by atoms with Crippen molar-refractivity contribution in [3.63, 3.8) is 0 Å². The maximum atomic E-state index is 12.2. The predicted octanol–water partition coefficient (Wildman–Crippen LogP) is 1.66. The number of ether oxygens (including phenoxy) is 1. The van der Waals surface area contributed by atoms with Gasteiger partial charge in [-0.1, -0.05) is 24.3 Å². The first-order valence-corrected chi connectivity index (χ1v) is 9.54. The molecule has 2 atom stereocenters. The van der Waals surface area contributed by atoms with Crippen LogP contribution in [-0.4, -0.2) is 67.2 Å². The third-order valence-electron chi connectivity index (χ3n) is 5.05. The molecule has 5 nitrogen and oxygen atoms in total. The molecule has 2 aliphatic heterocycles. The van der Waals surface area contributed by atoms with Crippen molar-refractivity contribution in [1.29, 1.82) is 0 Å². The molecule has 0 aromatic heterocycles. The largest absolute Gasteiger partial charge is 0.373 e. The molecule has 1 fully saturated rings. The third kappa shape index (κ3) is 5.53. The lowest BCUT2D eigenvalue weighted by Crippen LogP contribution is -2.46. The van der Waals surface area contributed by atoms with Gasteiger partial charge in [0.2, 0.25) is 5.91 Å². The fourth-order valence-corrected chi connectivity index (χ4v) is 3.95. The highest BCUT2D eigenvalue weighted by molar-refractivity contribution is 5.78. The zero-order valence-electron chi connectivity index (χ0n) is 15.5. The van der Waals surface area contributed by atoms with Crippen molar-refractivity contribution in [2.45, 2.75) is 45.4 Å². The molecule has 1 aromatic carbocycles. The van der Waals surface area contributed by atoms with Crippen molar-refractivity contribution in [2.24, 2.45) is 0 Å². The van der Waals surface area contributed by atoms with Crippen molar-refractivity contribution in [3.05, 3.63) is 35.4 Å². The molecule has 1 saturated heterocycles. The quantitative estimate of drug-likeness (QED) is 0.797. The molecule has 1 aromatic rings. The zero-order valence-corrected chi connectivity index (χ0v) is 15.5. The molecule has 1 N–H and O–H groups in total. The lowest BCUT2D eigenvalue weighted by molar-refractivity contribution is -0.122. The topological polar surface area (TPSA) is 44.8 Å². The summed E-state index contributed by atoms with van der Waals surface area (Å²) in [7, 11) is 0. The summed E-state index contributed by atoms with van der Waals surface area (Å²) in [5.74, 6) is 0.142. The van der Waals surface area contributed by atoms with Gasteiger partial charge >= 0.3 is 0 Å². The Hall–Kier alpha value is -1.43. The molecule has 2 aliphatic rings. The fourth-order valence-electron chi connectivity index (χ4n) is 3.95. The number of benzene rings is 1. The minimum atomic E-state index is 0.142. The molecule has 0 radical (unpaired) electrons. The van der Waals surface area contributed by atoms with E-state index < -0.39 is 0 Å². The Morgan fingerprint density at radius 2 is 1.88 bits per heavy atom. The van der Waals surface area contributed by atoms with Crippen molar-refractivity contribution in [3.8, 4) is 0 Å². The molecule has 0 saturated carbocycles. The van der Waals surface area contributed by atoms with Gasteiger partial charge in [-0.15, -0.1) is 0 Å². The zero-order chi connectivity index (χ0) is 17.6. The second-order valence-electron chi connectivity index (χ2n) is 7.45. The van der Waals surface area contributed by atoms with Gasteiger partial charge in [0.1, 0.15) is 0 Å². The van der Waals surface area contributed by atoms with Crippen LogP contribution in [0.2, 0.25) is 0 Å². The van der Waals surface area contributed by atoms with Gasteiger partial charge in [0.15, 0.2) is 0 Å². The van der Waals surface area contributed by atoms with E-state index in [4.69, 9.17) is 4.74 Å². The summed E-state index contributed by atoms with van der Waals surface area (Å²) in [4.78, 5) is 16.9. The van der Waals surface area contributed by atoms with E-state index in [0.717, 1.165) is 52.1 Å². The number of hydrogen-bond acceptors (Lipinski definition) is 4. The van der Waals surface area contributed by atoms with Crippen LogP contribution in [0.3, 0.4) is 0 Å². The molecule has 5 heteroatoms. The van der Waals surface area contributed by atoms with Crippen LogP contribution < -0.4 is 5.32 Å². The van der Waals surface area contributed by atoms with E-state index in [0.29, 0.717) is 18.8 Å². The van der Waals surface area contributed by atoms with E-state index >= 15 is 0 Å². The summed E-state index contributed by atoms with van der Waals surface area (Å²) >= 11 is 0. The fraction of sp³-hybridized carbons (Fsp3) is 0.650. The minimum Gasteiger partial charge on any atom is -0.373 e. The smallest absolute Gasteiger partial charge is 0.234 e. The standard InChI is InChI=1S/C20H31N3O2/c1-16-12-22(13-17(2)25-16)10-5-9-21-20(24)15-23-11-8-18-6-3-4-7-19(18)14-23/h3-4,6-7,16-17H,5,8-15H2,1-2H3,(H,21,24). The molecule has 2 unspecified atom stereocenters. The summed E-state index contributed by atoms with van der Waals surface area (Å²) in [6.45, 7) is 10.4. The summed E-state index contributed by atoms with van der Waals surface area (Å²) in [6, 6.07) is 8.54. The van der Waals surface area contributed by atoms with Crippen LogP contribution in [0.1, 0.15) is 31.4 Å². The van der Waals surface area contributed by atoms with E-state index in [1.807, 2.05) is 0 Å². The average Bonchev–Trinajstić information content (AvgIpc) is 2.58. The molecule has 2 heterocycles. The van der Waals surface area contributed by atoms with Crippen LogP contribution in [-0.2, 0) is 22.5 Å². The van der Waals surface area contributed by atoms with Gasteiger partial charge < -0.3 is 10.1 Å². The number of hydrogen-bond donors (Lipinski definition) is 1. The summed E-state index contributed by atoms with van der Waals surface area (Å²) < 4.78 is 5.75. The highest BCUT2D eigenvalue weighted by atomic mass is 16.5. The Balaban J connectivity index is 1.32. The number of amides is 1. The van der Waals surface area contributed by atoms with Crippen molar-refractivity contribution in [2.75, 3.05) is 39.3 Å². The van der Waals surface area contributed by atoms with Gasteiger partial charge in [-0.25, -0.2) is 0 Å². The Morgan fingerprint density at radius 1 is 1.16 bits per heavy atom. The first-order valence-electron chi connectivity index (χ1n) is 9.54. The predicted molar refractivity (Wildman–Crippen MR) is 99.5 cm³/mol. The Kier molecular flexibility index (Phi) is 6.45. The Morgan fingerprint density at radius 3 is 2.64 bits per heavy atom. The SMILES string of the molecule is CC1CN(CCCNC(=O)CN2CCc3ccccc3C2)CC(C)O1. The molecule has 1 amide bonds. The number of rotatable bonds is 6. The molecule has 0 bridgehead atoms. The number of fused-ring (bicyclic) bond motifs is 1. The van der Waals surface area contributed by atoms with Crippen molar-refractivity contribution >= 4 is 5.91 Å². The van der Waals surface area contributed by atoms with Gasteiger partial charge in [-0.05, 0) is 37.8 Å². The van der Waals surface area contributed by atoms with Crippen LogP contribution in [0.25, 0.3) is 0 Å². The minimum absolute atomic E-state index is 0.142. The van der Waals surface area contributed by atoms with Crippen LogP contribution in [0.15, 0.2) is 24.3 Å². The van der Waals surface area contributed by atoms with E-state index in [2.05, 4.69) is 53.2 Å². The van der Waals surface area contributed by atoms with Crippen LogP contribution >= 0.6 is 0 Å². The number of morpholine rings is 1. The average molecular weight is 345 g/mol. The molecule has 25 heavy (non-hydrogen) atoms. The number of nitrogens with one attached hydrogen (secondary N) is 1. The highest BCUT2D eigenvalue weighted by Gasteiger charge is 2.21. The molecule has 0 aliphatic carbocycles. The maximum absolute atomic E-state index is 12.2. The van der Waals surface area contributed by atoms with Crippen LogP contribution in [0.4, 0.5) is 0 Å². The first-order chi connectivity index (χ1) is 12.1. The third-order valence-corrected chi connectivity index (χ3v) is 5.05. The van der Waals surface area contributed by atoms with Crippen molar-refractivity contribution < 1.29 is 9.53 Å². The lowest BCUT2D eigenvalue weighted by atomic mass is 10.00. The second-order valence-corrected chi connectivity index (χ2v) is 7.45. The van der Waals surface area contributed by atoms with E-state index in [1.54, 1.807) is 0 Å². The normalized spacial score (nSPS) is 24.7. The summed E-state index contributed by atoms with van der Waals surface area (Å²) in [5, 5.41) is 3.08. The molecular weight excluding hydrogens is 314 g/mol. The summed E-state index contributed by atoms with van der Waals surface area (Å²) in [5.41, 5.74) is 2.78. The Labute approximate surface area is 151 Å². The lowest BCUT2D eigenvalue weighted by Gasteiger charge is -2.35. The number of carbonyl (C=O) groups is 1. The maximum Gasteiger partial charge on any atom is 0.234 e. The van der Waals surface area contributed by atoms with E-state index in [-0.39, 0.29) is 5.91 Å². The van der Waals surface area contributed by atoms with Gasteiger partial charge in [0, 0.05) is 39.3 Å². The monoisotopic (exact) mass is 345 g/mol. The molecule has 138 valence electrons. The van der Waals surface area contributed by atoms with Crippen LogP contribution in [0, 0.1) is 0 Å². The summed E-state index contributed by atoms with van der Waals surface area (Å²) in [6.07, 6.45) is 2.64. The van der Waals surface area contributed by atoms with Gasteiger partial charge in [-0.3, -0.25) is 14.6 Å². The Bertz CT molecular complexity index is 568.